The van der Waals surface area contributed by atoms with Crippen LogP contribution in [0.15, 0.2) is 0 Å². The molecule has 2 nitrogen and oxygen atoms in total. The zero-order chi connectivity index (χ0) is 15.1. The highest BCUT2D eigenvalue weighted by molar-refractivity contribution is 6.20. The Balaban J connectivity index is 3.19. The molecule has 0 aliphatic rings. The quantitative estimate of drug-likeness (QED) is 0.308. The van der Waals surface area contributed by atoms with E-state index < -0.39 is 0 Å². The average molecular weight is 306 g/mol. The smallest absolute Gasteiger partial charge is 0.0696 e. The van der Waals surface area contributed by atoms with Crippen LogP contribution in [0.5, 0.6) is 0 Å². The highest BCUT2D eigenvalue weighted by Crippen LogP contribution is 2.10. The van der Waals surface area contributed by atoms with Gasteiger partial charge in [0.05, 0.1) is 12.0 Å². The molecule has 0 heterocycles. The lowest BCUT2D eigenvalue weighted by Gasteiger charge is -2.19. The fourth-order valence-electron chi connectivity index (χ4n) is 2.53. The molecule has 0 bridgehead atoms. The Labute approximate surface area is 132 Å². The molecule has 0 rings (SSSR count). The van der Waals surface area contributed by atoms with E-state index in [0.717, 1.165) is 13.1 Å². The first-order valence-electron chi connectivity index (χ1n) is 8.52. The third-order valence-electron chi connectivity index (χ3n) is 3.75. The van der Waals surface area contributed by atoms with Crippen LogP contribution in [-0.2, 0) is 4.74 Å². The van der Waals surface area contributed by atoms with Gasteiger partial charge < -0.3 is 9.64 Å². The lowest BCUT2D eigenvalue weighted by molar-refractivity contribution is 0.182. The van der Waals surface area contributed by atoms with Crippen molar-refractivity contribution in [1.82, 2.24) is 4.90 Å². The summed E-state index contributed by atoms with van der Waals surface area (Å²) in [5.74, 6) is 0. The third kappa shape index (κ3) is 14.6. The van der Waals surface area contributed by atoms with Crippen LogP contribution in [0.4, 0.5) is 0 Å². The van der Waals surface area contributed by atoms with E-state index >= 15 is 0 Å². The number of hydrogen-bond donors (Lipinski definition) is 0. The number of methoxy groups -OCH3 is 1. The van der Waals surface area contributed by atoms with Gasteiger partial charge in [-0.1, -0.05) is 64.7 Å². The molecule has 0 fully saturated rings. The molecule has 0 spiro atoms. The molecule has 1 unspecified atom stereocenters. The van der Waals surface area contributed by atoms with Gasteiger partial charge >= 0.3 is 0 Å². The van der Waals surface area contributed by atoms with E-state index in [0.29, 0.717) is 6.61 Å². The molecular formula is C17H36ClNO. The summed E-state index contributed by atoms with van der Waals surface area (Å²) in [7, 11) is 3.86. The van der Waals surface area contributed by atoms with E-state index in [2.05, 4.69) is 18.9 Å². The van der Waals surface area contributed by atoms with Crippen LogP contribution in [0.3, 0.4) is 0 Å². The molecule has 0 N–H and O–H groups in total. The maximum Gasteiger partial charge on any atom is 0.0696 e. The second-order valence-corrected chi connectivity index (χ2v) is 6.61. The lowest BCUT2D eigenvalue weighted by atomic mass is 10.1. The van der Waals surface area contributed by atoms with Crippen LogP contribution in [0.25, 0.3) is 0 Å². The van der Waals surface area contributed by atoms with Crippen molar-refractivity contribution in [1.29, 1.82) is 0 Å². The Kier molecular flexibility index (Phi) is 15.8. The van der Waals surface area contributed by atoms with Crippen molar-refractivity contribution in [3.8, 4) is 0 Å². The van der Waals surface area contributed by atoms with Crippen LogP contribution in [-0.4, -0.2) is 44.1 Å². The van der Waals surface area contributed by atoms with Gasteiger partial charge in [0.25, 0.3) is 0 Å². The highest BCUT2D eigenvalue weighted by Gasteiger charge is 2.07. The summed E-state index contributed by atoms with van der Waals surface area (Å²) in [6.45, 7) is 5.00. The van der Waals surface area contributed by atoms with E-state index in [1.165, 1.54) is 64.2 Å². The molecule has 0 saturated heterocycles. The van der Waals surface area contributed by atoms with Crippen LogP contribution in [0, 0.1) is 0 Å². The van der Waals surface area contributed by atoms with Gasteiger partial charge in [0.1, 0.15) is 0 Å². The fraction of sp³-hybridized carbons (Fsp3) is 1.00. The predicted molar refractivity (Wildman–Crippen MR) is 90.9 cm³/mol. The number of alkyl halides is 1. The van der Waals surface area contributed by atoms with Gasteiger partial charge in [-0.05, 0) is 20.0 Å². The normalized spacial score (nSPS) is 13.1. The van der Waals surface area contributed by atoms with Gasteiger partial charge in [-0.25, -0.2) is 0 Å². The van der Waals surface area contributed by atoms with Crippen LogP contribution < -0.4 is 0 Å². The predicted octanol–water partition coefficient (Wildman–Crippen LogP) is 5.09. The zero-order valence-corrected chi connectivity index (χ0v) is 14.8. The summed E-state index contributed by atoms with van der Waals surface area (Å²) in [5, 5.41) is 0.119. The molecule has 1 atom stereocenters. The molecule has 122 valence electrons. The van der Waals surface area contributed by atoms with Crippen molar-refractivity contribution < 1.29 is 4.74 Å². The van der Waals surface area contributed by atoms with Gasteiger partial charge in [-0.15, -0.1) is 11.6 Å². The van der Waals surface area contributed by atoms with Crippen LogP contribution in [0.2, 0.25) is 0 Å². The molecule has 0 amide bonds. The van der Waals surface area contributed by atoms with E-state index in [1.807, 2.05) is 0 Å². The molecule has 0 aromatic carbocycles. The maximum absolute atomic E-state index is 6.14. The minimum atomic E-state index is 0.119. The van der Waals surface area contributed by atoms with Crippen LogP contribution in [0.1, 0.15) is 71.1 Å². The molecule has 0 aromatic heterocycles. The van der Waals surface area contributed by atoms with Gasteiger partial charge in [0.15, 0.2) is 0 Å². The Morgan fingerprint density at radius 3 is 1.90 bits per heavy atom. The molecule has 0 aliphatic heterocycles. The average Bonchev–Trinajstić information content (AvgIpc) is 2.41. The SMILES string of the molecule is CCCCCCCCCCCCN(C)CC(Cl)COC. The van der Waals surface area contributed by atoms with Crippen LogP contribution >= 0.6 is 11.6 Å². The molecule has 3 heteroatoms. The maximum atomic E-state index is 6.14. The Hall–Kier alpha value is 0.210. The van der Waals surface area contributed by atoms with Gasteiger partial charge in [-0.3, -0.25) is 0 Å². The number of unbranched alkanes of at least 4 members (excludes halogenated alkanes) is 9. The zero-order valence-electron chi connectivity index (χ0n) is 14.0. The molecular weight excluding hydrogens is 270 g/mol. The van der Waals surface area contributed by atoms with Gasteiger partial charge in [-0.2, -0.15) is 0 Å². The van der Waals surface area contributed by atoms with Crippen molar-refractivity contribution in [2.45, 2.75) is 76.5 Å². The number of halogens is 1. The molecule has 0 aromatic rings. The first kappa shape index (κ1) is 20.2. The van der Waals surface area contributed by atoms with E-state index in [9.17, 15) is 0 Å². The topological polar surface area (TPSA) is 12.5 Å². The lowest BCUT2D eigenvalue weighted by Crippen LogP contribution is -2.29. The largest absolute Gasteiger partial charge is 0.383 e. The first-order chi connectivity index (χ1) is 9.70. The number of nitrogens with zero attached hydrogens (tertiary/aromatic N) is 1. The van der Waals surface area contributed by atoms with Crippen molar-refractivity contribution in [3.63, 3.8) is 0 Å². The summed E-state index contributed by atoms with van der Waals surface area (Å²) in [5.41, 5.74) is 0. The summed E-state index contributed by atoms with van der Waals surface area (Å²) >= 11 is 6.14. The minimum absolute atomic E-state index is 0.119. The van der Waals surface area contributed by atoms with E-state index in [4.69, 9.17) is 16.3 Å². The summed E-state index contributed by atoms with van der Waals surface area (Å²) < 4.78 is 5.05. The van der Waals surface area contributed by atoms with E-state index in [1.54, 1.807) is 7.11 Å². The molecule has 20 heavy (non-hydrogen) atoms. The third-order valence-corrected chi connectivity index (χ3v) is 4.01. The van der Waals surface area contributed by atoms with Crippen molar-refractivity contribution in [2.75, 3.05) is 33.9 Å². The second kappa shape index (κ2) is 15.6. The standard InChI is InChI=1S/C17H36ClNO/c1-4-5-6-7-8-9-10-11-12-13-14-19(2)15-17(18)16-20-3/h17H,4-16H2,1-3H3. The Bertz CT molecular complexity index is 190. The Morgan fingerprint density at radius 1 is 0.900 bits per heavy atom. The van der Waals surface area contributed by atoms with Crippen molar-refractivity contribution in [3.05, 3.63) is 0 Å². The van der Waals surface area contributed by atoms with Crippen molar-refractivity contribution in [2.24, 2.45) is 0 Å². The highest BCUT2D eigenvalue weighted by atomic mass is 35.5. The van der Waals surface area contributed by atoms with Gasteiger partial charge in [0.2, 0.25) is 0 Å². The van der Waals surface area contributed by atoms with Gasteiger partial charge in [0, 0.05) is 13.7 Å². The number of rotatable bonds is 15. The monoisotopic (exact) mass is 305 g/mol. The summed E-state index contributed by atoms with van der Waals surface area (Å²) in [4.78, 5) is 2.32. The molecule has 0 radical (unpaired) electrons. The molecule has 0 aliphatic carbocycles. The summed E-state index contributed by atoms with van der Waals surface area (Å²) in [6.07, 6.45) is 14.0. The number of hydrogen-bond acceptors (Lipinski definition) is 2. The first-order valence-corrected chi connectivity index (χ1v) is 8.95. The second-order valence-electron chi connectivity index (χ2n) is 6.00. The summed E-state index contributed by atoms with van der Waals surface area (Å²) in [6, 6.07) is 0. The number of ether oxygens (including phenoxy) is 1. The van der Waals surface area contributed by atoms with Crippen molar-refractivity contribution >= 4 is 11.6 Å². The molecule has 0 saturated carbocycles. The minimum Gasteiger partial charge on any atom is -0.383 e. The fourth-order valence-corrected chi connectivity index (χ4v) is 2.89. The Morgan fingerprint density at radius 2 is 1.40 bits per heavy atom. The van der Waals surface area contributed by atoms with E-state index in [-0.39, 0.29) is 5.38 Å².